The summed E-state index contributed by atoms with van der Waals surface area (Å²) in [4.78, 5) is 12.2. The summed E-state index contributed by atoms with van der Waals surface area (Å²) in [5.74, 6) is 0.583. The van der Waals surface area contributed by atoms with Gasteiger partial charge in [-0.15, -0.1) is 0 Å². The molecule has 116 valence electrons. The van der Waals surface area contributed by atoms with E-state index in [2.05, 4.69) is 12.2 Å². The van der Waals surface area contributed by atoms with Gasteiger partial charge in [0, 0.05) is 17.1 Å². The van der Waals surface area contributed by atoms with Crippen LogP contribution in [0.2, 0.25) is 5.02 Å². The molecule has 2 aromatic rings. The second-order valence-corrected chi connectivity index (χ2v) is 5.41. The first-order valence-corrected chi connectivity index (χ1v) is 7.83. The topological polar surface area (TPSA) is 38.3 Å². The van der Waals surface area contributed by atoms with Crippen LogP contribution in [0.1, 0.15) is 35.7 Å². The molecule has 0 bridgehead atoms. The number of hydrogen-bond donors (Lipinski definition) is 1. The molecule has 3 nitrogen and oxygen atoms in total. The maximum atomic E-state index is 12.2. The number of carbonyl (C=O) groups excluding carboxylic acids is 1. The molecule has 0 fully saturated rings. The molecule has 0 saturated heterocycles. The molecule has 1 amide bonds. The Kier molecular flexibility index (Phi) is 6.28. The molecule has 0 unspecified atom stereocenters. The van der Waals surface area contributed by atoms with Gasteiger partial charge in [0.1, 0.15) is 5.75 Å². The zero-order valence-electron chi connectivity index (χ0n) is 12.6. The predicted molar refractivity (Wildman–Crippen MR) is 89.5 cm³/mol. The summed E-state index contributed by atoms with van der Waals surface area (Å²) in [5, 5.41) is 3.52. The summed E-state index contributed by atoms with van der Waals surface area (Å²) in [6.45, 7) is 3.18. The lowest BCUT2D eigenvalue weighted by Gasteiger charge is -2.09. The molecule has 22 heavy (non-hydrogen) atoms. The fourth-order valence-corrected chi connectivity index (χ4v) is 2.18. The van der Waals surface area contributed by atoms with Crippen molar-refractivity contribution in [2.75, 3.05) is 6.61 Å². The van der Waals surface area contributed by atoms with Crippen LogP contribution in [0.15, 0.2) is 48.5 Å². The zero-order chi connectivity index (χ0) is 15.8. The monoisotopic (exact) mass is 317 g/mol. The third-order valence-corrected chi connectivity index (χ3v) is 3.63. The molecule has 0 radical (unpaired) electrons. The average molecular weight is 318 g/mol. The van der Waals surface area contributed by atoms with E-state index in [1.165, 1.54) is 0 Å². The zero-order valence-corrected chi connectivity index (χ0v) is 13.4. The Hall–Kier alpha value is -2.00. The predicted octanol–water partition coefficient (Wildman–Crippen LogP) is 4.45. The van der Waals surface area contributed by atoms with E-state index >= 15 is 0 Å². The third-order valence-electron chi connectivity index (χ3n) is 3.26. The van der Waals surface area contributed by atoms with E-state index < -0.39 is 0 Å². The van der Waals surface area contributed by atoms with Gasteiger partial charge in [-0.25, -0.2) is 0 Å². The second-order valence-electron chi connectivity index (χ2n) is 5.00. The number of ether oxygens (including phenoxy) is 1. The summed E-state index contributed by atoms with van der Waals surface area (Å²) in [6, 6.07) is 14.7. The molecule has 4 heteroatoms. The molecule has 0 atom stereocenters. The van der Waals surface area contributed by atoms with E-state index in [4.69, 9.17) is 16.3 Å². The number of halogens is 1. The van der Waals surface area contributed by atoms with Crippen molar-refractivity contribution in [3.63, 3.8) is 0 Å². The van der Waals surface area contributed by atoms with Gasteiger partial charge in [0.15, 0.2) is 0 Å². The van der Waals surface area contributed by atoms with Gasteiger partial charge < -0.3 is 10.1 Å². The number of rotatable bonds is 7. The van der Waals surface area contributed by atoms with Gasteiger partial charge in [0.25, 0.3) is 5.91 Å². The molecule has 0 spiro atoms. The number of benzene rings is 2. The highest BCUT2D eigenvalue weighted by Crippen LogP contribution is 2.16. The fourth-order valence-electron chi connectivity index (χ4n) is 1.98. The van der Waals surface area contributed by atoms with Crippen molar-refractivity contribution in [3.8, 4) is 5.75 Å². The molecule has 0 aliphatic heterocycles. The van der Waals surface area contributed by atoms with Gasteiger partial charge >= 0.3 is 0 Å². The first-order valence-electron chi connectivity index (χ1n) is 7.45. The standard InChI is InChI=1S/C18H20ClNO2/c1-2-3-11-22-16-9-6-8-14(12-16)18(21)20-13-15-7-4-5-10-17(15)19/h4-10,12H,2-3,11,13H2,1H3,(H,20,21). The van der Waals surface area contributed by atoms with Crippen molar-refractivity contribution in [1.82, 2.24) is 5.32 Å². The third kappa shape index (κ3) is 4.78. The number of nitrogens with one attached hydrogen (secondary N) is 1. The molecule has 0 saturated carbocycles. The Bertz CT molecular complexity index is 628. The first kappa shape index (κ1) is 16.4. The highest BCUT2D eigenvalue weighted by atomic mass is 35.5. The molecule has 2 rings (SSSR count). The highest BCUT2D eigenvalue weighted by molar-refractivity contribution is 6.31. The molecule has 0 aromatic heterocycles. The average Bonchev–Trinajstić information content (AvgIpc) is 2.54. The first-order chi connectivity index (χ1) is 10.7. The summed E-state index contributed by atoms with van der Waals surface area (Å²) in [6.07, 6.45) is 2.08. The van der Waals surface area contributed by atoms with Crippen molar-refractivity contribution in [2.24, 2.45) is 0 Å². The minimum absolute atomic E-state index is 0.138. The van der Waals surface area contributed by atoms with E-state index in [0.29, 0.717) is 23.7 Å². The second kappa shape index (κ2) is 8.44. The maximum absolute atomic E-state index is 12.2. The van der Waals surface area contributed by atoms with Crippen molar-refractivity contribution in [3.05, 3.63) is 64.7 Å². The van der Waals surface area contributed by atoms with E-state index in [1.807, 2.05) is 36.4 Å². The number of unbranched alkanes of at least 4 members (excludes halogenated alkanes) is 1. The lowest BCUT2D eigenvalue weighted by molar-refractivity contribution is 0.0950. The minimum Gasteiger partial charge on any atom is -0.494 e. The molecule has 2 aromatic carbocycles. The molecule has 0 heterocycles. The molecular weight excluding hydrogens is 298 g/mol. The summed E-state index contributed by atoms with van der Waals surface area (Å²) < 4.78 is 5.62. The largest absolute Gasteiger partial charge is 0.494 e. The Morgan fingerprint density at radius 2 is 2.00 bits per heavy atom. The van der Waals surface area contributed by atoms with Crippen LogP contribution in [0.5, 0.6) is 5.75 Å². The normalized spacial score (nSPS) is 10.3. The van der Waals surface area contributed by atoms with Crippen LogP contribution in [0, 0.1) is 0 Å². The van der Waals surface area contributed by atoms with Gasteiger partial charge in [-0.1, -0.05) is 49.2 Å². The van der Waals surface area contributed by atoms with Crippen LogP contribution in [0.3, 0.4) is 0 Å². The van der Waals surface area contributed by atoms with E-state index in [1.54, 1.807) is 12.1 Å². The number of carbonyl (C=O) groups is 1. The van der Waals surface area contributed by atoms with Crippen molar-refractivity contribution in [1.29, 1.82) is 0 Å². The Morgan fingerprint density at radius 1 is 1.18 bits per heavy atom. The van der Waals surface area contributed by atoms with Gasteiger partial charge in [-0.05, 0) is 36.2 Å². The smallest absolute Gasteiger partial charge is 0.251 e. The van der Waals surface area contributed by atoms with Crippen molar-refractivity contribution < 1.29 is 9.53 Å². The number of hydrogen-bond acceptors (Lipinski definition) is 2. The summed E-state index contributed by atoms with van der Waals surface area (Å²) in [5.41, 5.74) is 1.48. The van der Waals surface area contributed by atoms with Gasteiger partial charge in [0.05, 0.1) is 6.61 Å². The number of amides is 1. The minimum atomic E-state index is -0.138. The lowest BCUT2D eigenvalue weighted by Crippen LogP contribution is -2.22. The summed E-state index contributed by atoms with van der Waals surface area (Å²) in [7, 11) is 0. The maximum Gasteiger partial charge on any atom is 0.251 e. The van der Waals surface area contributed by atoms with E-state index in [-0.39, 0.29) is 5.91 Å². The quantitative estimate of drug-likeness (QED) is 0.766. The van der Waals surface area contributed by atoms with Crippen LogP contribution in [-0.2, 0) is 6.54 Å². The Labute approximate surface area is 136 Å². The Balaban J connectivity index is 1.95. The van der Waals surface area contributed by atoms with Crippen LogP contribution < -0.4 is 10.1 Å². The van der Waals surface area contributed by atoms with Crippen LogP contribution in [0.25, 0.3) is 0 Å². The van der Waals surface area contributed by atoms with Gasteiger partial charge in [-0.2, -0.15) is 0 Å². The van der Waals surface area contributed by atoms with Crippen molar-refractivity contribution >= 4 is 17.5 Å². The van der Waals surface area contributed by atoms with Crippen LogP contribution in [-0.4, -0.2) is 12.5 Å². The Morgan fingerprint density at radius 3 is 2.77 bits per heavy atom. The molecular formula is C18H20ClNO2. The molecule has 0 aliphatic rings. The van der Waals surface area contributed by atoms with Crippen LogP contribution in [0.4, 0.5) is 0 Å². The fraction of sp³-hybridized carbons (Fsp3) is 0.278. The molecule has 1 N–H and O–H groups in total. The summed E-state index contributed by atoms with van der Waals surface area (Å²) >= 11 is 6.08. The van der Waals surface area contributed by atoms with Crippen LogP contribution >= 0.6 is 11.6 Å². The van der Waals surface area contributed by atoms with E-state index in [0.717, 1.165) is 24.2 Å². The van der Waals surface area contributed by atoms with E-state index in [9.17, 15) is 4.79 Å². The lowest BCUT2D eigenvalue weighted by atomic mass is 10.2. The van der Waals surface area contributed by atoms with Crippen molar-refractivity contribution in [2.45, 2.75) is 26.3 Å². The molecule has 0 aliphatic carbocycles. The van der Waals surface area contributed by atoms with Gasteiger partial charge in [-0.3, -0.25) is 4.79 Å². The van der Waals surface area contributed by atoms with Gasteiger partial charge in [0.2, 0.25) is 0 Å². The SMILES string of the molecule is CCCCOc1cccc(C(=O)NCc2ccccc2Cl)c1. The highest BCUT2D eigenvalue weighted by Gasteiger charge is 2.07.